The zero-order chi connectivity index (χ0) is 14.2. The average molecular weight is 296 g/mol. The van der Waals surface area contributed by atoms with Crippen molar-refractivity contribution in [2.45, 2.75) is 45.4 Å². The number of aryl methyl sites for hydroxylation is 1. The number of benzene rings is 1. The molecule has 2 rings (SSSR count). The van der Waals surface area contributed by atoms with Crippen LogP contribution in [-0.2, 0) is 0 Å². The van der Waals surface area contributed by atoms with E-state index in [1.54, 1.807) is 0 Å². The van der Waals surface area contributed by atoms with Crippen molar-refractivity contribution in [1.29, 1.82) is 0 Å². The first-order valence-electron chi connectivity index (χ1n) is 7.87. The molecule has 1 aliphatic rings. The third kappa shape index (κ3) is 5.34. The summed E-state index contributed by atoms with van der Waals surface area (Å²) < 4.78 is 5.83. The lowest BCUT2D eigenvalue weighted by Gasteiger charge is -2.19. The van der Waals surface area contributed by atoms with Crippen molar-refractivity contribution >= 4 is 11.6 Å². The van der Waals surface area contributed by atoms with Gasteiger partial charge in [-0.25, -0.2) is 0 Å². The van der Waals surface area contributed by atoms with Crippen LogP contribution >= 0.6 is 11.6 Å². The summed E-state index contributed by atoms with van der Waals surface area (Å²) >= 11 is 5.94. The van der Waals surface area contributed by atoms with Crippen molar-refractivity contribution in [2.75, 3.05) is 26.2 Å². The SMILES string of the molecule is Cc1cc(Cl)ccc1OCCCCN1CCCCCC1. The molecule has 0 radical (unpaired) electrons. The lowest BCUT2D eigenvalue weighted by Crippen LogP contribution is -2.25. The quantitative estimate of drug-likeness (QED) is 0.706. The number of unbranched alkanes of at least 4 members (excludes halogenated alkanes) is 1. The van der Waals surface area contributed by atoms with Gasteiger partial charge in [0.25, 0.3) is 0 Å². The highest BCUT2D eigenvalue weighted by Gasteiger charge is 2.08. The summed E-state index contributed by atoms with van der Waals surface area (Å²) in [5.41, 5.74) is 1.12. The molecule has 0 amide bonds. The van der Waals surface area contributed by atoms with E-state index in [4.69, 9.17) is 16.3 Å². The number of hydrogen-bond acceptors (Lipinski definition) is 2. The molecule has 1 fully saturated rings. The minimum absolute atomic E-state index is 0.774. The van der Waals surface area contributed by atoms with Gasteiger partial charge in [0.15, 0.2) is 0 Å². The molecule has 0 unspecified atom stereocenters. The molecule has 0 atom stereocenters. The van der Waals surface area contributed by atoms with Gasteiger partial charge in [-0.15, -0.1) is 0 Å². The molecular formula is C17H26ClNO. The average Bonchev–Trinajstić information content (AvgIpc) is 2.69. The van der Waals surface area contributed by atoms with Gasteiger partial charge in [0.1, 0.15) is 5.75 Å². The van der Waals surface area contributed by atoms with Crippen LogP contribution in [0.4, 0.5) is 0 Å². The fourth-order valence-corrected chi connectivity index (χ4v) is 2.98. The Labute approximate surface area is 128 Å². The van der Waals surface area contributed by atoms with Crippen LogP contribution in [0.1, 0.15) is 44.1 Å². The van der Waals surface area contributed by atoms with Gasteiger partial charge in [-0.1, -0.05) is 24.4 Å². The van der Waals surface area contributed by atoms with Gasteiger partial charge < -0.3 is 9.64 Å². The Morgan fingerprint density at radius 1 is 1.10 bits per heavy atom. The van der Waals surface area contributed by atoms with Crippen LogP contribution in [0.2, 0.25) is 5.02 Å². The van der Waals surface area contributed by atoms with Gasteiger partial charge in [-0.05, 0) is 76.0 Å². The third-order valence-corrected chi connectivity index (χ3v) is 4.20. The lowest BCUT2D eigenvalue weighted by molar-refractivity contribution is 0.255. The molecule has 2 nitrogen and oxygen atoms in total. The van der Waals surface area contributed by atoms with Gasteiger partial charge in [0.05, 0.1) is 6.61 Å². The van der Waals surface area contributed by atoms with Crippen molar-refractivity contribution in [1.82, 2.24) is 4.90 Å². The maximum absolute atomic E-state index is 5.94. The minimum atomic E-state index is 0.774. The maximum atomic E-state index is 5.94. The molecule has 0 spiro atoms. The highest BCUT2D eigenvalue weighted by Crippen LogP contribution is 2.22. The van der Waals surface area contributed by atoms with Crippen molar-refractivity contribution in [3.63, 3.8) is 0 Å². The lowest BCUT2D eigenvalue weighted by atomic mass is 10.2. The van der Waals surface area contributed by atoms with E-state index in [9.17, 15) is 0 Å². The summed E-state index contributed by atoms with van der Waals surface area (Å²) in [5.74, 6) is 0.962. The van der Waals surface area contributed by atoms with E-state index in [0.29, 0.717) is 0 Å². The largest absolute Gasteiger partial charge is 0.493 e. The number of rotatable bonds is 6. The second-order valence-corrected chi connectivity index (χ2v) is 6.16. The Morgan fingerprint density at radius 3 is 2.55 bits per heavy atom. The highest BCUT2D eigenvalue weighted by molar-refractivity contribution is 6.30. The molecule has 1 aromatic carbocycles. The Kier molecular flexibility index (Phi) is 6.68. The zero-order valence-electron chi connectivity index (χ0n) is 12.5. The number of likely N-dealkylation sites (tertiary alicyclic amines) is 1. The molecule has 20 heavy (non-hydrogen) atoms. The Morgan fingerprint density at radius 2 is 1.85 bits per heavy atom. The van der Waals surface area contributed by atoms with Crippen LogP contribution in [0.15, 0.2) is 18.2 Å². The van der Waals surface area contributed by atoms with Crippen molar-refractivity contribution in [2.24, 2.45) is 0 Å². The normalized spacial score (nSPS) is 16.9. The Bertz CT molecular complexity index is 400. The monoisotopic (exact) mass is 295 g/mol. The zero-order valence-corrected chi connectivity index (χ0v) is 13.3. The summed E-state index contributed by atoms with van der Waals surface area (Å²) in [6.45, 7) is 6.64. The molecule has 1 heterocycles. The van der Waals surface area contributed by atoms with E-state index in [0.717, 1.165) is 29.4 Å². The van der Waals surface area contributed by atoms with Crippen LogP contribution in [0.5, 0.6) is 5.75 Å². The molecule has 1 aliphatic heterocycles. The van der Waals surface area contributed by atoms with E-state index >= 15 is 0 Å². The second kappa shape index (κ2) is 8.53. The molecule has 1 saturated heterocycles. The molecule has 1 aromatic rings. The standard InChI is InChI=1S/C17H26ClNO/c1-15-14-16(18)8-9-17(15)20-13-7-6-12-19-10-4-2-3-5-11-19/h8-9,14H,2-7,10-13H2,1H3. The molecule has 0 bridgehead atoms. The third-order valence-electron chi connectivity index (χ3n) is 3.96. The number of ether oxygens (including phenoxy) is 1. The smallest absolute Gasteiger partial charge is 0.122 e. The Hall–Kier alpha value is -0.730. The Balaban J connectivity index is 1.61. The van der Waals surface area contributed by atoms with Gasteiger partial charge in [-0.2, -0.15) is 0 Å². The summed E-state index contributed by atoms with van der Waals surface area (Å²) in [6.07, 6.45) is 7.93. The van der Waals surface area contributed by atoms with Crippen LogP contribution in [0.3, 0.4) is 0 Å². The predicted molar refractivity (Wildman–Crippen MR) is 85.8 cm³/mol. The highest BCUT2D eigenvalue weighted by atomic mass is 35.5. The molecular weight excluding hydrogens is 270 g/mol. The molecule has 112 valence electrons. The summed E-state index contributed by atoms with van der Waals surface area (Å²) in [6, 6.07) is 5.81. The molecule has 0 aliphatic carbocycles. The van der Waals surface area contributed by atoms with Crippen LogP contribution in [-0.4, -0.2) is 31.1 Å². The van der Waals surface area contributed by atoms with Crippen molar-refractivity contribution in [3.05, 3.63) is 28.8 Å². The van der Waals surface area contributed by atoms with E-state index < -0.39 is 0 Å². The van der Waals surface area contributed by atoms with E-state index in [-0.39, 0.29) is 0 Å². The fourth-order valence-electron chi connectivity index (χ4n) is 2.75. The number of hydrogen-bond donors (Lipinski definition) is 0. The molecule has 0 saturated carbocycles. The van der Waals surface area contributed by atoms with E-state index in [1.165, 1.54) is 51.7 Å². The van der Waals surface area contributed by atoms with Gasteiger partial charge in [0.2, 0.25) is 0 Å². The fraction of sp³-hybridized carbons (Fsp3) is 0.647. The minimum Gasteiger partial charge on any atom is -0.493 e. The molecule has 3 heteroatoms. The van der Waals surface area contributed by atoms with Gasteiger partial charge >= 0.3 is 0 Å². The van der Waals surface area contributed by atoms with Gasteiger partial charge in [0, 0.05) is 5.02 Å². The first kappa shape index (κ1) is 15.7. The first-order valence-corrected chi connectivity index (χ1v) is 8.25. The van der Waals surface area contributed by atoms with E-state index in [2.05, 4.69) is 4.90 Å². The number of nitrogens with zero attached hydrogens (tertiary/aromatic N) is 1. The molecule has 0 aromatic heterocycles. The topological polar surface area (TPSA) is 12.5 Å². The first-order chi connectivity index (χ1) is 9.75. The predicted octanol–water partition coefficient (Wildman–Crippen LogP) is 4.68. The maximum Gasteiger partial charge on any atom is 0.122 e. The van der Waals surface area contributed by atoms with Crippen LogP contribution < -0.4 is 4.74 Å². The van der Waals surface area contributed by atoms with Gasteiger partial charge in [-0.3, -0.25) is 0 Å². The van der Waals surface area contributed by atoms with Crippen molar-refractivity contribution < 1.29 is 4.74 Å². The summed E-state index contributed by atoms with van der Waals surface area (Å²) in [4.78, 5) is 2.61. The molecule has 0 N–H and O–H groups in total. The number of halogens is 1. The van der Waals surface area contributed by atoms with E-state index in [1.807, 2.05) is 25.1 Å². The summed E-state index contributed by atoms with van der Waals surface area (Å²) in [5, 5.41) is 0.774. The second-order valence-electron chi connectivity index (χ2n) is 5.72. The van der Waals surface area contributed by atoms with Crippen LogP contribution in [0.25, 0.3) is 0 Å². The summed E-state index contributed by atoms with van der Waals surface area (Å²) in [7, 11) is 0. The van der Waals surface area contributed by atoms with Crippen LogP contribution in [0, 0.1) is 6.92 Å². The van der Waals surface area contributed by atoms with Crippen molar-refractivity contribution in [3.8, 4) is 5.75 Å².